The Morgan fingerprint density at radius 2 is 2.19 bits per heavy atom. The number of aromatic nitrogens is 3. The molecule has 10 heteroatoms. The van der Waals surface area contributed by atoms with Crippen LogP contribution in [0.4, 0.5) is 0 Å². The number of hydrogen-bond acceptors (Lipinski definition) is 7. The lowest BCUT2D eigenvalue weighted by Gasteiger charge is -2.11. The first-order valence-corrected chi connectivity index (χ1v) is 10.7. The van der Waals surface area contributed by atoms with E-state index in [9.17, 15) is 9.90 Å². The lowest BCUT2D eigenvalue weighted by atomic mass is 10.1. The van der Waals surface area contributed by atoms with Gasteiger partial charge in [0.05, 0.1) is 30.8 Å². The summed E-state index contributed by atoms with van der Waals surface area (Å²) < 4.78 is 7.35. The number of aliphatic hydroxyl groups excluding tert-OH is 1. The van der Waals surface area contributed by atoms with Crippen molar-refractivity contribution < 1.29 is 9.84 Å². The van der Waals surface area contributed by atoms with Gasteiger partial charge in [-0.1, -0.05) is 12.1 Å². The van der Waals surface area contributed by atoms with Gasteiger partial charge in [0.1, 0.15) is 5.65 Å². The Bertz CT molecular complexity index is 1120. The van der Waals surface area contributed by atoms with E-state index in [-0.39, 0.29) is 30.5 Å². The second kappa shape index (κ2) is 10.0. The van der Waals surface area contributed by atoms with Crippen molar-refractivity contribution in [3.05, 3.63) is 58.3 Å². The zero-order valence-corrected chi connectivity index (χ0v) is 17.8. The summed E-state index contributed by atoms with van der Waals surface area (Å²) in [5.74, 6) is 0. The quantitative estimate of drug-likeness (QED) is 0.183. The monoisotopic (exact) mass is 439 g/mol. The molecule has 3 aromatic rings. The molecule has 0 saturated carbocycles. The summed E-state index contributed by atoms with van der Waals surface area (Å²) in [6, 6.07) is 9.48. The molecule has 2 aromatic heterocycles. The number of nitrogens with zero attached hydrogens (tertiary/aromatic N) is 3. The summed E-state index contributed by atoms with van der Waals surface area (Å²) in [6.07, 6.45) is 3.97. The van der Waals surface area contributed by atoms with E-state index in [1.165, 1.54) is 10.9 Å². The largest absolute Gasteiger partial charge is 0.394 e. The van der Waals surface area contributed by atoms with Crippen LogP contribution >= 0.6 is 0 Å². The van der Waals surface area contributed by atoms with Crippen LogP contribution < -0.4 is 22.5 Å². The summed E-state index contributed by atoms with van der Waals surface area (Å²) in [7, 11) is 0. The number of aliphatic hydroxyl groups is 1. The van der Waals surface area contributed by atoms with Crippen LogP contribution in [-0.2, 0) is 11.3 Å². The Morgan fingerprint density at radius 3 is 2.91 bits per heavy atom. The molecular formula is C22H29N7O3. The van der Waals surface area contributed by atoms with E-state index in [0.29, 0.717) is 18.6 Å². The van der Waals surface area contributed by atoms with Crippen molar-refractivity contribution in [1.29, 1.82) is 0 Å². The molecule has 10 nitrogen and oxygen atoms in total. The van der Waals surface area contributed by atoms with E-state index in [4.69, 9.17) is 16.2 Å². The molecule has 0 bridgehead atoms. The normalized spacial score (nSPS) is 21.1. The number of rotatable bonds is 9. The SMILES string of the molecule is NC=NCCCNCc1ccc(-n2cc3cc(C4C[C@@H](N)[C@@H](CO)O4)[nH]c3nc2=O)cc1. The topological polar surface area (TPSA) is 157 Å². The van der Waals surface area contributed by atoms with Crippen molar-refractivity contribution in [2.75, 3.05) is 19.7 Å². The third-order valence-corrected chi connectivity index (χ3v) is 5.65. The van der Waals surface area contributed by atoms with Crippen LogP contribution in [-0.4, -0.2) is 57.8 Å². The van der Waals surface area contributed by atoms with E-state index >= 15 is 0 Å². The molecule has 1 aliphatic rings. The minimum Gasteiger partial charge on any atom is -0.394 e. The Balaban J connectivity index is 1.46. The highest BCUT2D eigenvalue weighted by atomic mass is 16.5. The number of ether oxygens (including phenoxy) is 1. The molecule has 0 spiro atoms. The maximum absolute atomic E-state index is 12.6. The van der Waals surface area contributed by atoms with Crippen LogP contribution in [0.1, 0.15) is 30.2 Å². The van der Waals surface area contributed by atoms with Gasteiger partial charge in [-0.3, -0.25) is 9.56 Å². The molecule has 1 aromatic carbocycles. The molecule has 3 atom stereocenters. The third-order valence-electron chi connectivity index (χ3n) is 5.65. The van der Waals surface area contributed by atoms with E-state index in [1.54, 1.807) is 6.20 Å². The minimum atomic E-state index is -0.383. The van der Waals surface area contributed by atoms with Crippen LogP contribution in [0, 0.1) is 0 Å². The first kappa shape index (κ1) is 22.2. The second-order valence-corrected chi connectivity index (χ2v) is 7.92. The molecule has 3 heterocycles. The first-order chi connectivity index (χ1) is 15.6. The lowest BCUT2D eigenvalue weighted by Crippen LogP contribution is -2.32. The molecule has 170 valence electrons. The zero-order valence-electron chi connectivity index (χ0n) is 17.8. The highest BCUT2D eigenvalue weighted by Crippen LogP contribution is 2.32. The highest BCUT2D eigenvalue weighted by molar-refractivity contribution is 5.76. The average molecular weight is 440 g/mol. The van der Waals surface area contributed by atoms with Gasteiger partial charge in [0, 0.05) is 36.4 Å². The molecule has 1 fully saturated rings. The molecular weight excluding hydrogens is 410 g/mol. The number of H-pyrrole nitrogens is 1. The Hall–Kier alpha value is -3.05. The maximum atomic E-state index is 12.6. The van der Waals surface area contributed by atoms with Crippen molar-refractivity contribution in [2.45, 2.75) is 37.6 Å². The van der Waals surface area contributed by atoms with Gasteiger partial charge >= 0.3 is 5.69 Å². The molecule has 0 amide bonds. The lowest BCUT2D eigenvalue weighted by molar-refractivity contribution is 0.00577. The standard InChI is InChI=1S/C22H29N7O3/c23-13-26-7-1-6-25-10-14-2-4-16(5-3-14)29-11-15-8-18(27-21(15)28-22(29)31)19-9-17(24)20(12-30)32-19/h2-5,8,11,13,17,19-20,25,30H,1,6-7,9-10,12,24H2,(H2,23,26)(H,27,28,31)/t17-,19?,20-/m1/s1. The number of nitrogens with two attached hydrogens (primary N) is 2. The predicted octanol–water partition coefficient (Wildman–Crippen LogP) is 0.330. The number of hydrogen-bond donors (Lipinski definition) is 5. The van der Waals surface area contributed by atoms with Crippen LogP contribution in [0.2, 0.25) is 0 Å². The second-order valence-electron chi connectivity index (χ2n) is 7.92. The molecule has 0 aliphatic carbocycles. The van der Waals surface area contributed by atoms with Gasteiger partial charge < -0.3 is 31.6 Å². The van der Waals surface area contributed by atoms with E-state index < -0.39 is 0 Å². The van der Waals surface area contributed by atoms with Crippen molar-refractivity contribution in [3.8, 4) is 5.69 Å². The van der Waals surface area contributed by atoms with Crippen molar-refractivity contribution in [3.63, 3.8) is 0 Å². The van der Waals surface area contributed by atoms with Gasteiger partial charge in [-0.05, 0) is 43.1 Å². The van der Waals surface area contributed by atoms with Gasteiger partial charge in [-0.25, -0.2) is 4.79 Å². The molecule has 1 unspecified atom stereocenters. The summed E-state index contributed by atoms with van der Waals surface area (Å²) in [5, 5.41) is 13.5. The Morgan fingerprint density at radius 1 is 1.38 bits per heavy atom. The van der Waals surface area contributed by atoms with Gasteiger partial charge in [0.15, 0.2) is 0 Å². The van der Waals surface area contributed by atoms with Gasteiger partial charge in [-0.15, -0.1) is 0 Å². The number of aliphatic imine (C=N–C) groups is 1. The number of fused-ring (bicyclic) bond motifs is 1. The van der Waals surface area contributed by atoms with E-state index in [1.807, 2.05) is 30.3 Å². The smallest absolute Gasteiger partial charge is 0.354 e. The summed E-state index contributed by atoms with van der Waals surface area (Å²) >= 11 is 0. The van der Waals surface area contributed by atoms with Crippen LogP contribution in [0.5, 0.6) is 0 Å². The molecule has 1 saturated heterocycles. The van der Waals surface area contributed by atoms with Crippen LogP contribution in [0.15, 0.2) is 46.3 Å². The van der Waals surface area contributed by atoms with Gasteiger partial charge in [0.2, 0.25) is 0 Å². The minimum absolute atomic E-state index is 0.116. The number of nitrogens with one attached hydrogen (secondary N) is 2. The Kier molecular flexibility index (Phi) is 6.96. The summed E-state index contributed by atoms with van der Waals surface area (Å²) in [4.78, 5) is 23.9. The van der Waals surface area contributed by atoms with Crippen molar-refractivity contribution in [2.24, 2.45) is 16.5 Å². The van der Waals surface area contributed by atoms with Crippen molar-refractivity contribution in [1.82, 2.24) is 19.9 Å². The average Bonchev–Trinajstić information content (AvgIpc) is 3.38. The Labute approximate surface area is 185 Å². The fraction of sp³-hybridized carbons (Fsp3) is 0.409. The fourth-order valence-electron chi connectivity index (χ4n) is 3.90. The molecule has 4 rings (SSSR count). The predicted molar refractivity (Wildman–Crippen MR) is 123 cm³/mol. The van der Waals surface area contributed by atoms with E-state index in [2.05, 4.69) is 20.3 Å². The molecule has 0 radical (unpaired) electrons. The van der Waals surface area contributed by atoms with Crippen molar-refractivity contribution >= 4 is 17.4 Å². The summed E-state index contributed by atoms with van der Waals surface area (Å²) in [6.45, 7) is 2.18. The molecule has 1 aliphatic heterocycles. The molecule has 32 heavy (non-hydrogen) atoms. The van der Waals surface area contributed by atoms with Gasteiger partial charge in [0.25, 0.3) is 0 Å². The molecule has 7 N–H and O–H groups in total. The maximum Gasteiger partial charge on any atom is 0.354 e. The third kappa shape index (κ3) is 4.89. The number of aromatic amines is 1. The van der Waals surface area contributed by atoms with Gasteiger partial charge in [-0.2, -0.15) is 4.98 Å². The highest BCUT2D eigenvalue weighted by Gasteiger charge is 2.34. The first-order valence-electron chi connectivity index (χ1n) is 10.7. The van der Waals surface area contributed by atoms with E-state index in [0.717, 1.165) is 41.8 Å². The summed E-state index contributed by atoms with van der Waals surface area (Å²) in [5.41, 5.74) is 14.0. The zero-order chi connectivity index (χ0) is 22.5. The fourth-order valence-corrected chi connectivity index (χ4v) is 3.90. The van der Waals surface area contributed by atoms with Crippen LogP contribution in [0.3, 0.4) is 0 Å². The van der Waals surface area contributed by atoms with Crippen LogP contribution in [0.25, 0.3) is 16.7 Å². The number of benzene rings is 1.